The van der Waals surface area contributed by atoms with Crippen molar-refractivity contribution in [1.29, 1.82) is 0 Å². The molecule has 0 bridgehead atoms. The summed E-state index contributed by atoms with van der Waals surface area (Å²) in [5.41, 5.74) is 4.84. The number of hydrogen-bond donors (Lipinski definition) is 1. The van der Waals surface area contributed by atoms with Crippen molar-refractivity contribution in [2.45, 2.75) is 12.7 Å². The lowest BCUT2D eigenvalue weighted by atomic mass is 10.1. The minimum atomic E-state index is -4.51. The third-order valence-electron chi connectivity index (χ3n) is 2.41. The molecule has 0 radical (unpaired) electrons. The van der Waals surface area contributed by atoms with Crippen LogP contribution in [0.2, 0.25) is 0 Å². The molecule has 0 saturated heterocycles. The molecule has 0 aliphatic carbocycles. The van der Waals surface area contributed by atoms with Crippen molar-refractivity contribution < 1.29 is 17.6 Å². The van der Waals surface area contributed by atoms with Gasteiger partial charge in [-0.3, -0.25) is 4.68 Å². The van der Waals surface area contributed by atoms with Gasteiger partial charge in [0.05, 0.1) is 6.54 Å². The van der Waals surface area contributed by atoms with E-state index in [9.17, 15) is 17.6 Å². The molecule has 0 amide bonds. The molecule has 0 unspecified atom stereocenters. The Hall–Kier alpha value is -2.05. The maximum absolute atomic E-state index is 13.4. The second-order valence-electron chi connectivity index (χ2n) is 3.70. The maximum atomic E-state index is 13.4. The molecule has 18 heavy (non-hydrogen) atoms. The molecule has 96 valence electrons. The van der Waals surface area contributed by atoms with E-state index < -0.39 is 17.7 Å². The van der Waals surface area contributed by atoms with E-state index in [0.717, 1.165) is 16.9 Å². The smallest absolute Gasteiger partial charge is 0.398 e. The number of benzene rings is 1. The van der Waals surface area contributed by atoms with Gasteiger partial charge >= 0.3 is 6.18 Å². The molecular formula is C11H9F4N3. The van der Waals surface area contributed by atoms with Crippen molar-refractivity contribution in [3.8, 4) is 0 Å². The predicted molar refractivity (Wildman–Crippen MR) is 57.1 cm³/mol. The van der Waals surface area contributed by atoms with E-state index in [1.165, 1.54) is 18.2 Å². The van der Waals surface area contributed by atoms with Crippen LogP contribution >= 0.6 is 0 Å². The van der Waals surface area contributed by atoms with Gasteiger partial charge in [-0.2, -0.15) is 18.3 Å². The Morgan fingerprint density at radius 3 is 2.50 bits per heavy atom. The summed E-state index contributed by atoms with van der Waals surface area (Å²) in [5, 5.41) is 3.33. The lowest BCUT2D eigenvalue weighted by Crippen LogP contribution is -2.10. The second kappa shape index (κ2) is 4.32. The number of rotatable bonds is 2. The highest BCUT2D eigenvalue weighted by Crippen LogP contribution is 2.27. The summed E-state index contributed by atoms with van der Waals surface area (Å²) in [6.07, 6.45) is -3.37. The zero-order valence-electron chi connectivity index (χ0n) is 9.08. The summed E-state index contributed by atoms with van der Waals surface area (Å²) in [7, 11) is 0. The van der Waals surface area contributed by atoms with Crippen LogP contribution in [0.15, 0.2) is 30.5 Å². The Morgan fingerprint density at radius 1 is 1.22 bits per heavy atom. The van der Waals surface area contributed by atoms with Gasteiger partial charge in [0.25, 0.3) is 0 Å². The minimum Gasteiger partial charge on any atom is -0.398 e. The van der Waals surface area contributed by atoms with Crippen LogP contribution in [0.4, 0.5) is 23.2 Å². The Balaban J connectivity index is 2.27. The topological polar surface area (TPSA) is 43.8 Å². The van der Waals surface area contributed by atoms with E-state index in [4.69, 9.17) is 5.73 Å². The molecule has 7 heteroatoms. The molecule has 1 aromatic heterocycles. The quantitative estimate of drug-likeness (QED) is 0.665. The Bertz CT molecular complexity index is 539. The van der Waals surface area contributed by atoms with Crippen molar-refractivity contribution in [3.63, 3.8) is 0 Å². The minimum absolute atomic E-state index is 0.120. The van der Waals surface area contributed by atoms with Crippen molar-refractivity contribution in [3.05, 3.63) is 47.5 Å². The van der Waals surface area contributed by atoms with Crippen molar-refractivity contribution in [2.75, 3.05) is 5.73 Å². The number of anilines is 1. The molecule has 1 aromatic carbocycles. The van der Waals surface area contributed by atoms with Crippen LogP contribution in [-0.2, 0) is 12.7 Å². The zero-order valence-corrected chi connectivity index (χ0v) is 9.08. The highest BCUT2D eigenvalue weighted by Gasteiger charge is 2.33. The highest BCUT2D eigenvalue weighted by molar-refractivity contribution is 5.47. The first kappa shape index (κ1) is 12.4. The average Bonchev–Trinajstić information content (AvgIpc) is 2.72. The molecule has 1 heterocycles. The molecule has 0 atom stereocenters. The number of nitrogen functional groups attached to an aromatic ring is 1. The van der Waals surface area contributed by atoms with Gasteiger partial charge in [-0.05, 0) is 18.2 Å². The van der Waals surface area contributed by atoms with Gasteiger partial charge in [-0.15, -0.1) is 0 Å². The Kier molecular flexibility index (Phi) is 2.98. The summed E-state index contributed by atoms with van der Waals surface area (Å²) in [6.45, 7) is -0.144. The number of aromatic nitrogens is 2. The van der Waals surface area contributed by atoms with E-state index >= 15 is 0 Å². The van der Waals surface area contributed by atoms with Gasteiger partial charge in [0.1, 0.15) is 5.82 Å². The van der Waals surface area contributed by atoms with Gasteiger partial charge in [0.2, 0.25) is 0 Å². The van der Waals surface area contributed by atoms with Gasteiger partial charge in [-0.25, -0.2) is 4.39 Å². The van der Waals surface area contributed by atoms with Crippen LogP contribution in [0.3, 0.4) is 0 Å². The summed E-state index contributed by atoms with van der Waals surface area (Å²) < 4.78 is 51.4. The standard InChI is InChI=1S/C11H9F4N3/c12-8-2-1-3-9(16)7(8)6-18-5-4-10(17-18)11(13,14)15/h1-5H,6,16H2. The highest BCUT2D eigenvalue weighted by atomic mass is 19.4. The fourth-order valence-corrected chi connectivity index (χ4v) is 1.51. The van der Waals surface area contributed by atoms with Gasteiger partial charge in [0, 0.05) is 17.4 Å². The molecule has 0 aliphatic rings. The van der Waals surface area contributed by atoms with Gasteiger partial charge < -0.3 is 5.73 Å². The lowest BCUT2D eigenvalue weighted by molar-refractivity contribution is -0.141. The van der Waals surface area contributed by atoms with Crippen LogP contribution in [0.25, 0.3) is 0 Å². The summed E-state index contributed by atoms with van der Waals surface area (Å²) >= 11 is 0. The van der Waals surface area contributed by atoms with Crippen LogP contribution in [-0.4, -0.2) is 9.78 Å². The van der Waals surface area contributed by atoms with Crippen molar-refractivity contribution in [2.24, 2.45) is 0 Å². The van der Waals surface area contributed by atoms with Gasteiger partial charge in [0.15, 0.2) is 5.69 Å². The van der Waals surface area contributed by atoms with Crippen LogP contribution in [0.1, 0.15) is 11.3 Å². The number of hydrogen-bond acceptors (Lipinski definition) is 2. The summed E-state index contributed by atoms with van der Waals surface area (Å²) in [5.74, 6) is -0.570. The molecule has 3 nitrogen and oxygen atoms in total. The molecule has 0 saturated carbocycles. The lowest BCUT2D eigenvalue weighted by Gasteiger charge is -2.07. The van der Waals surface area contributed by atoms with E-state index in [1.807, 2.05) is 0 Å². The molecule has 2 N–H and O–H groups in total. The van der Waals surface area contributed by atoms with E-state index in [-0.39, 0.29) is 17.8 Å². The third kappa shape index (κ3) is 2.44. The molecular weight excluding hydrogens is 250 g/mol. The Labute approximate surface area is 99.8 Å². The first-order valence-corrected chi connectivity index (χ1v) is 5.01. The number of nitrogens with zero attached hydrogens (tertiary/aromatic N) is 2. The van der Waals surface area contributed by atoms with Crippen LogP contribution < -0.4 is 5.73 Å². The van der Waals surface area contributed by atoms with E-state index in [2.05, 4.69) is 5.10 Å². The fourth-order valence-electron chi connectivity index (χ4n) is 1.51. The Morgan fingerprint density at radius 2 is 1.94 bits per heavy atom. The summed E-state index contributed by atoms with van der Waals surface area (Å²) in [6, 6.07) is 4.93. The number of nitrogens with two attached hydrogens (primary N) is 1. The SMILES string of the molecule is Nc1cccc(F)c1Cn1ccc(C(F)(F)F)n1. The molecule has 2 aromatic rings. The number of alkyl halides is 3. The van der Waals surface area contributed by atoms with Crippen LogP contribution in [0.5, 0.6) is 0 Å². The van der Waals surface area contributed by atoms with Crippen molar-refractivity contribution >= 4 is 5.69 Å². The third-order valence-corrected chi connectivity index (χ3v) is 2.41. The molecule has 0 fully saturated rings. The van der Waals surface area contributed by atoms with Crippen LogP contribution in [0, 0.1) is 5.82 Å². The zero-order chi connectivity index (χ0) is 13.3. The van der Waals surface area contributed by atoms with Gasteiger partial charge in [-0.1, -0.05) is 6.07 Å². The normalized spacial score (nSPS) is 11.8. The fraction of sp³-hybridized carbons (Fsp3) is 0.182. The first-order valence-electron chi connectivity index (χ1n) is 5.01. The molecule has 0 aliphatic heterocycles. The number of halogens is 4. The molecule has 2 rings (SSSR count). The first-order chi connectivity index (χ1) is 8.38. The largest absolute Gasteiger partial charge is 0.435 e. The predicted octanol–water partition coefficient (Wildman–Crippen LogP) is 2.67. The average molecular weight is 259 g/mol. The van der Waals surface area contributed by atoms with E-state index in [0.29, 0.717) is 0 Å². The maximum Gasteiger partial charge on any atom is 0.435 e. The van der Waals surface area contributed by atoms with E-state index in [1.54, 1.807) is 0 Å². The van der Waals surface area contributed by atoms with Crippen molar-refractivity contribution in [1.82, 2.24) is 9.78 Å². The monoisotopic (exact) mass is 259 g/mol. The summed E-state index contributed by atoms with van der Waals surface area (Å²) in [4.78, 5) is 0. The molecule has 0 spiro atoms. The second-order valence-corrected chi connectivity index (χ2v) is 3.70.